The molecule has 0 bridgehead atoms. The summed E-state index contributed by atoms with van der Waals surface area (Å²) >= 11 is 0. The Morgan fingerprint density at radius 3 is 2.57 bits per heavy atom. The quantitative estimate of drug-likeness (QED) is 0.744. The SMILES string of the molecule is NC1(C(=O)Nc2ccc(F)c(S(=O)(=O)NC3CC3)c2)CC1. The lowest BCUT2D eigenvalue weighted by Gasteiger charge is -2.12. The molecule has 0 saturated heterocycles. The zero-order chi connectivity index (χ0) is 15.3. The minimum atomic E-state index is -3.91. The summed E-state index contributed by atoms with van der Waals surface area (Å²) < 4.78 is 40.3. The van der Waals surface area contributed by atoms with Crippen LogP contribution in [0.25, 0.3) is 0 Å². The molecule has 3 rings (SSSR count). The van der Waals surface area contributed by atoms with Gasteiger partial charge in [0, 0.05) is 11.7 Å². The number of sulfonamides is 1. The van der Waals surface area contributed by atoms with Crippen LogP contribution in [0.5, 0.6) is 0 Å². The van der Waals surface area contributed by atoms with Gasteiger partial charge < -0.3 is 11.1 Å². The summed E-state index contributed by atoms with van der Waals surface area (Å²) in [6, 6.07) is 3.33. The van der Waals surface area contributed by atoms with Crippen LogP contribution in [0.2, 0.25) is 0 Å². The van der Waals surface area contributed by atoms with E-state index in [1.165, 1.54) is 6.07 Å². The second-order valence-corrected chi connectivity index (χ2v) is 7.33. The van der Waals surface area contributed by atoms with E-state index in [1.54, 1.807) is 0 Å². The summed E-state index contributed by atoms with van der Waals surface area (Å²) in [7, 11) is -3.91. The number of nitrogens with two attached hydrogens (primary N) is 1. The highest BCUT2D eigenvalue weighted by Gasteiger charge is 2.46. The molecule has 0 heterocycles. The average molecular weight is 313 g/mol. The number of nitrogens with one attached hydrogen (secondary N) is 2. The van der Waals surface area contributed by atoms with Gasteiger partial charge in [0.15, 0.2) is 0 Å². The zero-order valence-corrected chi connectivity index (χ0v) is 12.0. The molecule has 6 nitrogen and oxygen atoms in total. The third-order valence-corrected chi connectivity index (χ3v) is 5.15. The Morgan fingerprint density at radius 2 is 2.00 bits per heavy atom. The number of anilines is 1. The molecule has 0 spiro atoms. The summed E-state index contributed by atoms with van der Waals surface area (Å²) in [5.41, 5.74) is 5.09. The van der Waals surface area contributed by atoms with Crippen LogP contribution >= 0.6 is 0 Å². The van der Waals surface area contributed by atoms with Crippen molar-refractivity contribution in [2.75, 3.05) is 5.32 Å². The first kappa shape index (κ1) is 14.4. The second-order valence-electron chi connectivity index (χ2n) is 5.65. The Bertz CT molecular complexity index is 697. The maximum atomic E-state index is 13.8. The summed E-state index contributed by atoms with van der Waals surface area (Å²) in [4.78, 5) is 11.4. The third-order valence-electron chi connectivity index (χ3n) is 3.62. The molecule has 4 N–H and O–H groups in total. The fraction of sp³-hybridized carbons (Fsp3) is 0.462. The lowest BCUT2D eigenvalue weighted by Crippen LogP contribution is -2.37. The predicted octanol–water partition coefficient (Wildman–Crippen LogP) is 0.696. The first-order valence-corrected chi connectivity index (χ1v) is 8.21. The van der Waals surface area contributed by atoms with Crippen molar-refractivity contribution in [2.45, 2.75) is 42.2 Å². The maximum Gasteiger partial charge on any atom is 0.244 e. The lowest BCUT2D eigenvalue weighted by atomic mass is 10.2. The first-order chi connectivity index (χ1) is 9.80. The van der Waals surface area contributed by atoms with E-state index in [0.717, 1.165) is 25.0 Å². The molecular formula is C13H16FN3O3S. The van der Waals surface area contributed by atoms with Crippen LogP contribution in [-0.2, 0) is 14.8 Å². The Kier molecular flexibility index (Phi) is 3.27. The topological polar surface area (TPSA) is 101 Å². The van der Waals surface area contributed by atoms with Crippen LogP contribution in [0.4, 0.5) is 10.1 Å². The second kappa shape index (κ2) is 4.75. The van der Waals surface area contributed by atoms with Gasteiger partial charge in [0.25, 0.3) is 0 Å². The predicted molar refractivity (Wildman–Crippen MR) is 74.5 cm³/mol. The van der Waals surface area contributed by atoms with Crippen LogP contribution in [-0.4, -0.2) is 25.9 Å². The van der Waals surface area contributed by atoms with Crippen molar-refractivity contribution in [2.24, 2.45) is 5.73 Å². The van der Waals surface area contributed by atoms with Crippen molar-refractivity contribution in [1.29, 1.82) is 0 Å². The molecule has 0 radical (unpaired) electrons. The Labute approximate surface area is 122 Å². The molecule has 1 aromatic carbocycles. The minimum absolute atomic E-state index is 0.119. The number of halogens is 1. The van der Waals surface area contributed by atoms with Gasteiger partial charge in [0.05, 0.1) is 5.54 Å². The average Bonchev–Trinajstić information content (AvgIpc) is 3.30. The maximum absolute atomic E-state index is 13.8. The van der Waals surface area contributed by atoms with Gasteiger partial charge in [-0.15, -0.1) is 0 Å². The van der Waals surface area contributed by atoms with Crippen LogP contribution < -0.4 is 15.8 Å². The Morgan fingerprint density at radius 1 is 1.33 bits per heavy atom. The van der Waals surface area contributed by atoms with Crippen molar-refractivity contribution >= 4 is 21.6 Å². The molecule has 1 amide bonds. The van der Waals surface area contributed by atoms with Crippen molar-refractivity contribution in [3.05, 3.63) is 24.0 Å². The normalized spacial score (nSPS) is 20.1. The molecule has 2 aliphatic carbocycles. The molecule has 114 valence electrons. The number of carbonyl (C=O) groups is 1. The van der Waals surface area contributed by atoms with Gasteiger partial charge in [-0.2, -0.15) is 0 Å². The Balaban J connectivity index is 1.83. The molecule has 2 aliphatic rings. The van der Waals surface area contributed by atoms with E-state index in [-0.39, 0.29) is 17.6 Å². The fourth-order valence-electron chi connectivity index (χ4n) is 1.89. The fourth-order valence-corrected chi connectivity index (χ4v) is 3.30. The summed E-state index contributed by atoms with van der Waals surface area (Å²) in [6.07, 6.45) is 2.70. The van der Waals surface area contributed by atoms with Crippen LogP contribution in [0.1, 0.15) is 25.7 Å². The standard InChI is InChI=1S/C13H16FN3O3S/c14-10-4-3-9(16-12(18)13(15)5-6-13)7-11(10)21(19,20)17-8-1-2-8/h3-4,7-8,17H,1-2,5-6,15H2,(H,16,18). The smallest absolute Gasteiger partial charge is 0.244 e. The number of benzene rings is 1. The van der Waals surface area contributed by atoms with Gasteiger partial charge in [0.2, 0.25) is 15.9 Å². The van der Waals surface area contributed by atoms with E-state index in [2.05, 4.69) is 10.0 Å². The van der Waals surface area contributed by atoms with Crippen LogP contribution in [0, 0.1) is 5.82 Å². The molecule has 0 aromatic heterocycles. The highest BCUT2D eigenvalue weighted by molar-refractivity contribution is 7.89. The van der Waals surface area contributed by atoms with E-state index in [9.17, 15) is 17.6 Å². The lowest BCUT2D eigenvalue weighted by molar-refractivity contribution is -0.118. The molecule has 8 heteroatoms. The van der Waals surface area contributed by atoms with E-state index in [1.807, 2.05) is 0 Å². The highest BCUT2D eigenvalue weighted by atomic mass is 32.2. The summed E-state index contributed by atoms with van der Waals surface area (Å²) in [6.45, 7) is 0. The number of carbonyl (C=O) groups excluding carboxylic acids is 1. The molecule has 0 unspecified atom stereocenters. The molecule has 0 atom stereocenters. The van der Waals surface area contributed by atoms with Crippen molar-refractivity contribution in [1.82, 2.24) is 4.72 Å². The Hall–Kier alpha value is -1.51. The minimum Gasteiger partial charge on any atom is -0.324 e. The van der Waals surface area contributed by atoms with Crippen molar-refractivity contribution in [3.63, 3.8) is 0 Å². The number of amides is 1. The molecule has 0 aliphatic heterocycles. The zero-order valence-electron chi connectivity index (χ0n) is 11.2. The van der Waals surface area contributed by atoms with Gasteiger partial charge in [-0.1, -0.05) is 0 Å². The van der Waals surface area contributed by atoms with Gasteiger partial charge in [-0.25, -0.2) is 17.5 Å². The number of hydrogen-bond donors (Lipinski definition) is 3. The van der Waals surface area contributed by atoms with E-state index in [0.29, 0.717) is 12.8 Å². The first-order valence-electron chi connectivity index (χ1n) is 6.72. The van der Waals surface area contributed by atoms with Crippen molar-refractivity contribution in [3.8, 4) is 0 Å². The van der Waals surface area contributed by atoms with Gasteiger partial charge in [0.1, 0.15) is 10.7 Å². The largest absolute Gasteiger partial charge is 0.324 e. The highest BCUT2D eigenvalue weighted by Crippen LogP contribution is 2.33. The van der Waals surface area contributed by atoms with E-state index >= 15 is 0 Å². The third kappa shape index (κ3) is 3.07. The molecule has 2 fully saturated rings. The van der Waals surface area contributed by atoms with E-state index in [4.69, 9.17) is 5.73 Å². The van der Waals surface area contributed by atoms with E-state index < -0.39 is 26.3 Å². The van der Waals surface area contributed by atoms with Gasteiger partial charge >= 0.3 is 0 Å². The number of rotatable bonds is 5. The summed E-state index contributed by atoms with van der Waals surface area (Å²) in [5, 5.41) is 2.53. The molecule has 1 aromatic rings. The van der Waals surface area contributed by atoms with Crippen LogP contribution in [0.3, 0.4) is 0 Å². The van der Waals surface area contributed by atoms with Crippen LogP contribution in [0.15, 0.2) is 23.1 Å². The van der Waals surface area contributed by atoms with Gasteiger partial charge in [-0.05, 0) is 43.9 Å². The molecule has 21 heavy (non-hydrogen) atoms. The number of hydrogen-bond acceptors (Lipinski definition) is 4. The van der Waals surface area contributed by atoms with Gasteiger partial charge in [-0.3, -0.25) is 4.79 Å². The molecule has 2 saturated carbocycles. The molecular weight excluding hydrogens is 297 g/mol. The van der Waals surface area contributed by atoms with Crippen molar-refractivity contribution < 1.29 is 17.6 Å². The summed E-state index contributed by atoms with van der Waals surface area (Å²) in [5.74, 6) is -1.23. The monoisotopic (exact) mass is 313 g/mol.